The molecule has 0 radical (unpaired) electrons. The Labute approximate surface area is 114 Å². The maximum atomic E-state index is 5.69. The number of nitrogens with zero attached hydrogens (tertiary/aromatic N) is 3. The molecule has 3 aromatic rings. The van der Waals surface area contributed by atoms with Crippen LogP contribution in [0.15, 0.2) is 40.6 Å². The molecule has 0 aliphatic carbocycles. The predicted molar refractivity (Wildman–Crippen MR) is 74.9 cm³/mol. The van der Waals surface area contributed by atoms with Crippen molar-refractivity contribution in [1.82, 2.24) is 20.2 Å². The van der Waals surface area contributed by atoms with Gasteiger partial charge in [0.1, 0.15) is 5.03 Å². The van der Waals surface area contributed by atoms with Crippen LogP contribution in [0.2, 0.25) is 0 Å². The molecule has 0 spiro atoms. The van der Waals surface area contributed by atoms with Crippen LogP contribution in [-0.2, 0) is 6.54 Å². The summed E-state index contributed by atoms with van der Waals surface area (Å²) in [5.74, 6) is 0. The highest BCUT2D eigenvalue weighted by Gasteiger charge is 2.09. The van der Waals surface area contributed by atoms with Crippen LogP contribution < -0.4 is 5.73 Å². The van der Waals surface area contributed by atoms with Crippen LogP contribution in [0, 0.1) is 6.92 Å². The van der Waals surface area contributed by atoms with Crippen LogP contribution in [0.25, 0.3) is 11.0 Å². The summed E-state index contributed by atoms with van der Waals surface area (Å²) < 4.78 is 0. The lowest BCUT2D eigenvalue weighted by molar-refractivity contribution is 0.863. The first-order valence-corrected chi connectivity index (χ1v) is 6.73. The number of aryl methyl sites for hydroxylation is 1. The Hall–Kier alpha value is -1.92. The van der Waals surface area contributed by atoms with E-state index in [0.29, 0.717) is 6.54 Å². The minimum Gasteiger partial charge on any atom is -0.333 e. The molecule has 0 saturated carbocycles. The normalized spacial score (nSPS) is 11.1. The number of hydrogen-bond donors (Lipinski definition) is 2. The minimum absolute atomic E-state index is 0.442. The molecule has 2 aromatic heterocycles. The van der Waals surface area contributed by atoms with Gasteiger partial charge in [0.15, 0.2) is 5.16 Å². The topological polar surface area (TPSA) is 80.5 Å². The third kappa shape index (κ3) is 2.45. The molecule has 0 unspecified atom stereocenters. The van der Waals surface area contributed by atoms with Crippen molar-refractivity contribution in [1.29, 1.82) is 0 Å². The standard InChI is InChI=1S/C13H13N5S/c1-8-2-3-10-11(6-8)17-13(16-10)19-12-9(7-14)4-5-15-18-12/h2-6H,7,14H2,1H3,(H,16,17). The fraction of sp³-hybridized carbons (Fsp3) is 0.154. The van der Waals surface area contributed by atoms with E-state index in [1.165, 1.54) is 17.3 Å². The molecule has 0 saturated heterocycles. The molecule has 6 heteroatoms. The number of imidazole rings is 1. The molecule has 0 fully saturated rings. The second-order valence-corrected chi connectivity index (χ2v) is 5.21. The largest absolute Gasteiger partial charge is 0.333 e. The van der Waals surface area contributed by atoms with E-state index >= 15 is 0 Å². The number of aromatic nitrogens is 4. The van der Waals surface area contributed by atoms with Crippen molar-refractivity contribution in [3.63, 3.8) is 0 Å². The summed E-state index contributed by atoms with van der Waals surface area (Å²) in [5.41, 5.74) is 9.84. The molecular weight excluding hydrogens is 258 g/mol. The Morgan fingerprint density at radius 1 is 1.32 bits per heavy atom. The Morgan fingerprint density at radius 3 is 3.05 bits per heavy atom. The molecule has 2 heterocycles. The quantitative estimate of drug-likeness (QED) is 0.763. The second-order valence-electron chi connectivity index (χ2n) is 4.23. The van der Waals surface area contributed by atoms with Crippen molar-refractivity contribution in [3.05, 3.63) is 41.6 Å². The zero-order chi connectivity index (χ0) is 13.2. The zero-order valence-electron chi connectivity index (χ0n) is 10.4. The van der Waals surface area contributed by atoms with Gasteiger partial charge in [-0.2, -0.15) is 5.10 Å². The summed E-state index contributed by atoms with van der Waals surface area (Å²) in [6.45, 7) is 2.50. The van der Waals surface area contributed by atoms with E-state index in [-0.39, 0.29) is 0 Å². The number of H-pyrrole nitrogens is 1. The number of nitrogens with one attached hydrogen (secondary N) is 1. The average molecular weight is 271 g/mol. The summed E-state index contributed by atoms with van der Waals surface area (Å²) in [7, 11) is 0. The maximum absolute atomic E-state index is 5.69. The third-order valence-corrected chi connectivity index (χ3v) is 3.72. The molecule has 3 rings (SSSR count). The fourth-order valence-electron chi connectivity index (χ4n) is 1.83. The van der Waals surface area contributed by atoms with Crippen molar-refractivity contribution in [2.75, 3.05) is 0 Å². The first kappa shape index (κ1) is 12.1. The number of nitrogens with two attached hydrogens (primary N) is 1. The second kappa shape index (κ2) is 4.99. The molecular formula is C13H13N5S. The summed E-state index contributed by atoms with van der Waals surface area (Å²) in [6, 6.07) is 8.01. The van der Waals surface area contributed by atoms with Gasteiger partial charge in [0, 0.05) is 18.3 Å². The third-order valence-electron chi connectivity index (χ3n) is 2.79. The molecule has 5 nitrogen and oxygen atoms in total. The van der Waals surface area contributed by atoms with E-state index in [1.54, 1.807) is 6.20 Å². The SMILES string of the molecule is Cc1ccc2nc(Sc3nnccc3CN)[nH]c2c1. The molecule has 0 aliphatic heterocycles. The molecule has 1 aromatic carbocycles. The van der Waals surface area contributed by atoms with Crippen molar-refractivity contribution >= 4 is 22.8 Å². The van der Waals surface area contributed by atoms with Gasteiger partial charge in [-0.25, -0.2) is 4.98 Å². The monoisotopic (exact) mass is 271 g/mol. The summed E-state index contributed by atoms with van der Waals surface area (Å²) in [4.78, 5) is 7.80. The number of benzene rings is 1. The number of aromatic amines is 1. The molecule has 3 N–H and O–H groups in total. The predicted octanol–water partition coefficient (Wildman–Crippen LogP) is 2.27. The lowest BCUT2D eigenvalue weighted by Gasteiger charge is -2.01. The van der Waals surface area contributed by atoms with Crippen molar-refractivity contribution in [2.24, 2.45) is 5.73 Å². The van der Waals surface area contributed by atoms with Crippen LogP contribution in [0.3, 0.4) is 0 Å². The Bertz CT molecular complexity index is 722. The molecule has 0 bridgehead atoms. The molecule has 0 amide bonds. The Morgan fingerprint density at radius 2 is 2.21 bits per heavy atom. The highest BCUT2D eigenvalue weighted by Crippen LogP contribution is 2.27. The molecule has 19 heavy (non-hydrogen) atoms. The van der Waals surface area contributed by atoms with Gasteiger partial charge in [0.05, 0.1) is 11.0 Å². The zero-order valence-corrected chi connectivity index (χ0v) is 11.2. The van der Waals surface area contributed by atoms with E-state index in [0.717, 1.165) is 26.8 Å². The summed E-state index contributed by atoms with van der Waals surface area (Å²) in [6.07, 6.45) is 1.65. The maximum Gasteiger partial charge on any atom is 0.172 e. The van der Waals surface area contributed by atoms with Crippen molar-refractivity contribution in [3.8, 4) is 0 Å². The van der Waals surface area contributed by atoms with Gasteiger partial charge in [-0.15, -0.1) is 5.10 Å². The molecule has 96 valence electrons. The number of rotatable bonds is 3. The molecule has 0 atom stereocenters. The van der Waals surface area contributed by atoms with Crippen molar-refractivity contribution in [2.45, 2.75) is 23.7 Å². The lowest BCUT2D eigenvalue weighted by atomic mass is 10.2. The minimum atomic E-state index is 0.442. The smallest absolute Gasteiger partial charge is 0.172 e. The van der Waals surface area contributed by atoms with Gasteiger partial charge in [-0.3, -0.25) is 0 Å². The van der Waals surface area contributed by atoms with E-state index in [9.17, 15) is 0 Å². The van der Waals surface area contributed by atoms with E-state index < -0.39 is 0 Å². The number of hydrogen-bond acceptors (Lipinski definition) is 5. The van der Waals surface area contributed by atoms with Crippen molar-refractivity contribution < 1.29 is 0 Å². The highest BCUT2D eigenvalue weighted by molar-refractivity contribution is 7.99. The van der Waals surface area contributed by atoms with Crippen LogP contribution in [-0.4, -0.2) is 20.2 Å². The molecule has 0 aliphatic rings. The van der Waals surface area contributed by atoms with Gasteiger partial charge in [-0.1, -0.05) is 6.07 Å². The average Bonchev–Trinajstić information content (AvgIpc) is 2.80. The van der Waals surface area contributed by atoms with E-state index in [2.05, 4.69) is 33.2 Å². The van der Waals surface area contributed by atoms with Crippen LogP contribution in [0.4, 0.5) is 0 Å². The van der Waals surface area contributed by atoms with Crippen LogP contribution in [0.1, 0.15) is 11.1 Å². The van der Waals surface area contributed by atoms with E-state index in [4.69, 9.17) is 5.73 Å². The van der Waals surface area contributed by atoms with Crippen LogP contribution >= 0.6 is 11.8 Å². The van der Waals surface area contributed by atoms with Gasteiger partial charge in [0.2, 0.25) is 0 Å². The van der Waals surface area contributed by atoms with Gasteiger partial charge in [0.25, 0.3) is 0 Å². The fourth-order valence-corrected chi connectivity index (χ4v) is 2.68. The summed E-state index contributed by atoms with van der Waals surface area (Å²) >= 11 is 1.45. The van der Waals surface area contributed by atoms with E-state index in [1.807, 2.05) is 18.2 Å². The van der Waals surface area contributed by atoms with Gasteiger partial charge >= 0.3 is 0 Å². The van der Waals surface area contributed by atoms with Crippen LogP contribution in [0.5, 0.6) is 0 Å². The van der Waals surface area contributed by atoms with Gasteiger partial charge < -0.3 is 10.7 Å². The first-order valence-electron chi connectivity index (χ1n) is 5.91. The Kier molecular flexibility index (Phi) is 3.18. The lowest BCUT2D eigenvalue weighted by Crippen LogP contribution is -2.00. The Balaban J connectivity index is 1.96. The van der Waals surface area contributed by atoms with Gasteiger partial charge in [-0.05, 0) is 42.4 Å². The summed E-state index contributed by atoms with van der Waals surface area (Å²) in [5, 5.41) is 9.59. The highest BCUT2D eigenvalue weighted by atomic mass is 32.2. The first-order chi connectivity index (χ1) is 9.26. The number of fused-ring (bicyclic) bond motifs is 1.